The molecule has 0 unspecified atom stereocenters. The van der Waals surface area contributed by atoms with Crippen LogP contribution in [0.3, 0.4) is 0 Å². The molecule has 0 aliphatic carbocycles. The second-order valence-corrected chi connectivity index (χ2v) is 2.80. The minimum atomic E-state index is 0.399. The summed E-state index contributed by atoms with van der Waals surface area (Å²) < 4.78 is 5.06. The molecule has 0 saturated carbocycles. The van der Waals surface area contributed by atoms with E-state index >= 15 is 0 Å². The Balaban J connectivity index is 2.88. The number of nitrogen functional groups attached to an aromatic ring is 1. The summed E-state index contributed by atoms with van der Waals surface area (Å²) in [7, 11) is 1.60. The molecule has 1 aromatic carbocycles. The van der Waals surface area contributed by atoms with Crippen LogP contribution in [0.2, 0.25) is 0 Å². The fourth-order valence-electron chi connectivity index (χ4n) is 1.07. The summed E-state index contributed by atoms with van der Waals surface area (Å²) in [6, 6.07) is 5.41. The van der Waals surface area contributed by atoms with Gasteiger partial charge in [-0.15, -0.1) is 0 Å². The van der Waals surface area contributed by atoms with E-state index in [4.69, 9.17) is 10.5 Å². The van der Waals surface area contributed by atoms with E-state index in [1.165, 1.54) is 0 Å². The molecule has 2 N–H and O–H groups in total. The van der Waals surface area contributed by atoms with Crippen LogP contribution in [0.4, 0.5) is 5.69 Å². The first-order valence-electron chi connectivity index (χ1n) is 4.31. The second-order valence-electron chi connectivity index (χ2n) is 2.80. The third-order valence-electron chi connectivity index (χ3n) is 1.82. The number of carbonyl (C=O) groups excluding carboxylic acids is 1. The molecule has 0 saturated heterocycles. The molecule has 0 aromatic heterocycles. The topological polar surface area (TPSA) is 52.3 Å². The molecule has 0 bridgehead atoms. The first-order chi connectivity index (χ1) is 6.77. The van der Waals surface area contributed by atoms with Crippen molar-refractivity contribution in [2.24, 2.45) is 0 Å². The summed E-state index contributed by atoms with van der Waals surface area (Å²) in [5.74, 6) is 0.755. The first kappa shape index (κ1) is 10.3. The number of allylic oxidation sites excluding steroid dienone is 1. The monoisotopic (exact) mass is 191 g/mol. The van der Waals surface area contributed by atoms with Gasteiger partial charge in [-0.1, -0.05) is 12.2 Å². The molecule has 0 aliphatic heterocycles. The molecule has 1 rings (SSSR count). The number of rotatable bonds is 4. The summed E-state index contributed by atoms with van der Waals surface area (Å²) in [5, 5.41) is 0. The van der Waals surface area contributed by atoms with E-state index in [0.29, 0.717) is 12.1 Å². The summed E-state index contributed by atoms with van der Waals surface area (Å²) in [6.07, 6.45) is 4.81. The van der Waals surface area contributed by atoms with Crippen LogP contribution in [0.1, 0.15) is 12.0 Å². The van der Waals surface area contributed by atoms with Crippen LogP contribution in [0, 0.1) is 0 Å². The Bertz CT molecular complexity index is 345. The SMILES string of the molecule is COc1ccc(N)c(C=CCC=O)c1. The maximum atomic E-state index is 10.1. The Morgan fingerprint density at radius 1 is 1.50 bits per heavy atom. The Labute approximate surface area is 83.2 Å². The molecule has 1 aromatic rings. The largest absolute Gasteiger partial charge is 0.497 e. The Morgan fingerprint density at radius 3 is 2.93 bits per heavy atom. The minimum absolute atomic E-state index is 0.399. The Morgan fingerprint density at radius 2 is 2.29 bits per heavy atom. The highest BCUT2D eigenvalue weighted by Crippen LogP contribution is 2.20. The highest BCUT2D eigenvalue weighted by atomic mass is 16.5. The van der Waals surface area contributed by atoms with Gasteiger partial charge in [0.15, 0.2) is 0 Å². The van der Waals surface area contributed by atoms with Gasteiger partial charge in [-0.05, 0) is 18.2 Å². The molecule has 3 heteroatoms. The average Bonchev–Trinajstić information content (AvgIpc) is 2.21. The third-order valence-corrected chi connectivity index (χ3v) is 1.82. The van der Waals surface area contributed by atoms with Crippen LogP contribution >= 0.6 is 0 Å². The van der Waals surface area contributed by atoms with E-state index in [1.54, 1.807) is 25.3 Å². The quantitative estimate of drug-likeness (QED) is 0.584. The summed E-state index contributed by atoms with van der Waals surface area (Å²) in [5.41, 5.74) is 7.27. The molecule has 0 aliphatic rings. The van der Waals surface area contributed by atoms with Crippen molar-refractivity contribution < 1.29 is 9.53 Å². The number of benzene rings is 1. The fraction of sp³-hybridized carbons (Fsp3) is 0.182. The van der Waals surface area contributed by atoms with Gasteiger partial charge in [-0.2, -0.15) is 0 Å². The van der Waals surface area contributed by atoms with Gasteiger partial charge in [0.2, 0.25) is 0 Å². The van der Waals surface area contributed by atoms with E-state index in [0.717, 1.165) is 17.6 Å². The van der Waals surface area contributed by atoms with Crippen molar-refractivity contribution in [1.29, 1.82) is 0 Å². The number of anilines is 1. The maximum absolute atomic E-state index is 10.1. The summed E-state index contributed by atoms with van der Waals surface area (Å²) in [4.78, 5) is 10.1. The molecule has 14 heavy (non-hydrogen) atoms. The van der Waals surface area contributed by atoms with Crippen molar-refractivity contribution >= 4 is 18.0 Å². The Kier molecular flexibility index (Phi) is 3.73. The molecule has 0 amide bonds. The lowest BCUT2D eigenvalue weighted by Crippen LogP contribution is -1.90. The van der Waals surface area contributed by atoms with Crippen molar-refractivity contribution in [3.8, 4) is 5.75 Å². The van der Waals surface area contributed by atoms with E-state index in [-0.39, 0.29) is 0 Å². The zero-order chi connectivity index (χ0) is 10.4. The van der Waals surface area contributed by atoms with Crippen molar-refractivity contribution in [3.63, 3.8) is 0 Å². The van der Waals surface area contributed by atoms with Gasteiger partial charge < -0.3 is 15.3 Å². The Hall–Kier alpha value is -1.77. The molecule has 0 spiro atoms. The molecule has 0 fully saturated rings. The van der Waals surface area contributed by atoms with Gasteiger partial charge in [0.05, 0.1) is 7.11 Å². The lowest BCUT2D eigenvalue weighted by Gasteiger charge is -2.03. The van der Waals surface area contributed by atoms with Gasteiger partial charge >= 0.3 is 0 Å². The molecule has 3 nitrogen and oxygen atoms in total. The molecular formula is C11H13NO2. The normalized spacial score (nSPS) is 10.4. The van der Waals surface area contributed by atoms with Crippen LogP contribution in [-0.2, 0) is 4.79 Å². The van der Waals surface area contributed by atoms with Gasteiger partial charge in [0, 0.05) is 17.7 Å². The van der Waals surface area contributed by atoms with E-state index in [1.807, 2.05) is 12.1 Å². The molecular weight excluding hydrogens is 178 g/mol. The smallest absolute Gasteiger partial charge is 0.123 e. The van der Waals surface area contributed by atoms with Crippen LogP contribution in [0.15, 0.2) is 24.3 Å². The summed E-state index contributed by atoms with van der Waals surface area (Å²) >= 11 is 0. The number of methoxy groups -OCH3 is 1. The zero-order valence-electron chi connectivity index (χ0n) is 8.07. The lowest BCUT2D eigenvalue weighted by molar-refractivity contribution is -0.107. The summed E-state index contributed by atoms with van der Waals surface area (Å²) in [6.45, 7) is 0. The zero-order valence-corrected chi connectivity index (χ0v) is 8.07. The average molecular weight is 191 g/mol. The predicted octanol–water partition coefficient (Wildman–Crippen LogP) is 1.88. The van der Waals surface area contributed by atoms with Gasteiger partial charge in [0.1, 0.15) is 12.0 Å². The third kappa shape index (κ3) is 2.62. The second kappa shape index (κ2) is 5.07. The predicted molar refractivity (Wildman–Crippen MR) is 57.1 cm³/mol. The van der Waals surface area contributed by atoms with Crippen LogP contribution < -0.4 is 10.5 Å². The number of ether oxygens (including phenoxy) is 1. The van der Waals surface area contributed by atoms with Crippen molar-refractivity contribution in [2.75, 3.05) is 12.8 Å². The molecule has 0 atom stereocenters. The van der Waals surface area contributed by atoms with Crippen molar-refractivity contribution in [3.05, 3.63) is 29.8 Å². The number of aldehydes is 1. The number of hydrogen-bond acceptors (Lipinski definition) is 3. The number of carbonyl (C=O) groups is 1. The van der Waals surface area contributed by atoms with Crippen molar-refractivity contribution in [2.45, 2.75) is 6.42 Å². The van der Waals surface area contributed by atoms with Gasteiger partial charge in [0.25, 0.3) is 0 Å². The lowest BCUT2D eigenvalue weighted by atomic mass is 10.1. The standard InChI is InChI=1S/C11H13NO2/c1-14-10-5-6-11(12)9(8-10)4-2-3-7-13/h2,4-8H,3,12H2,1H3. The maximum Gasteiger partial charge on any atom is 0.123 e. The van der Waals surface area contributed by atoms with Crippen LogP contribution in [-0.4, -0.2) is 13.4 Å². The van der Waals surface area contributed by atoms with E-state index in [9.17, 15) is 4.79 Å². The van der Waals surface area contributed by atoms with Gasteiger partial charge in [-0.3, -0.25) is 0 Å². The highest BCUT2D eigenvalue weighted by Gasteiger charge is 1.97. The minimum Gasteiger partial charge on any atom is -0.497 e. The molecule has 0 radical (unpaired) electrons. The van der Waals surface area contributed by atoms with E-state index < -0.39 is 0 Å². The molecule has 0 heterocycles. The van der Waals surface area contributed by atoms with Crippen LogP contribution in [0.5, 0.6) is 5.75 Å². The van der Waals surface area contributed by atoms with Crippen molar-refractivity contribution in [1.82, 2.24) is 0 Å². The van der Waals surface area contributed by atoms with Crippen LogP contribution in [0.25, 0.3) is 6.08 Å². The van der Waals surface area contributed by atoms with E-state index in [2.05, 4.69) is 0 Å². The van der Waals surface area contributed by atoms with Gasteiger partial charge in [-0.25, -0.2) is 0 Å². The molecule has 74 valence electrons. The first-order valence-corrected chi connectivity index (χ1v) is 4.31. The number of hydrogen-bond donors (Lipinski definition) is 1. The number of nitrogens with two attached hydrogens (primary N) is 1. The fourth-order valence-corrected chi connectivity index (χ4v) is 1.07. The highest BCUT2D eigenvalue weighted by molar-refractivity contribution is 5.67.